The fourth-order valence-electron chi connectivity index (χ4n) is 2.28. The molecule has 0 atom stereocenters. The van der Waals surface area contributed by atoms with Gasteiger partial charge in [0, 0.05) is 18.7 Å². The third-order valence-electron chi connectivity index (χ3n) is 3.49. The third kappa shape index (κ3) is 4.48. The number of nitrogens with one attached hydrogen (secondary N) is 2. The lowest BCUT2D eigenvalue weighted by Crippen LogP contribution is -2.22. The Morgan fingerprint density at radius 1 is 1.09 bits per heavy atom. The van der Waals surface area contributed by atoms with Crippen molar-refractivity contribution in [3.05, 3.63) is 46.8 Å². The molecule has 0 bridgehead atoms. The summed E-state index contributed by atoms with van der Waals surface area (Å²) in [7, 11) is 0. The van der Waals surface area contributed by atoms with Gasteiger partial charge in [0.05, 0.1) is 11.4 Å². The first kappa shape index (κ1) is 16.9. The van der Waals surface area contributed by atoms with E-state index in [0.29, 0.717) is 24.6 Å². The van der Waals surface area contributed by atoms with E-state index in [1.54, 1.807) is 6.07 Å². The molecule has 1 aromatic heterocycles. The molecule has 0 aliphatic heterocycles. The molecule has 1 amide bonds. The maximum atomic E-state index is 11.9. The van der Waals surface area contributed by atoms with Crippen molar-refractivity contribution >= 4 is 11.9 Å². The average molecular weight is 313 g/mol. The molecule has 0 radical (unpaired) electrons. The second kappa shape index (κ2) is 8.22. The molecule has 6 heteroatoms. The highest BCUT2D eigenvalue weighted by Gasteiger charge is 2.07. The van der Waals surface area contributed by atoms with Crippen LogP contribution >= 0.6 is 0 Å². The van der Waals surface area contributed by atoms with Crippen LogP contribution < -0.4 is 10.6 Å². The molecule has 1 heterocycles. The van der Waals surface area contributed by atoms with Gasteiger partial charge in [-0.1, -0.05) is 26.0 Å². The molecule has 2 aromatic rings. The van der Waals surface area contributed by atoms with Gasteiger partial charge in [-0.05, 0) is 37.5 Å². The van der Waals surface area contributed by atoms with Crippen LogP contribution in [-0.4, -0.2) is 27.6 Å². The largest absolute Gasteiger partial charge is 0.352 e. The first-order valence-corrected chi connectivity index (χ1v) is 8.01. The molecule has 0 aliphatic carbocycles. The summed E-state index contributed by atoms with van der Waals surface area (Å²) < 4.78 is 0. The maximum absolute atomic E-state index is 11.9. The van der Waals surface area contributed by atoms with Crippen molar-refractivity contribution in [1.29, 1.82) is 0 Å². The van der Waals surface area contributed by atoms with E-state index in [-0.39, 0.29) is 5.91 Å². The van der Waals surface area contributed by atoms with Gasteiger partial charge in [-0.3, -0.25) is 4.79 Å². The molecule has 0 saturated heterocycles. The summed E-state index contributed by atoms with van der Waals surface area (Å²) in [5, 5.41) is 14.3. The quantitative estimate of drug-likeness (QED) is 0.820. The van der Waals surface area contributed by atoms with Crippen LogP contribution in [0.4, 0.5) is 5.95 Å². The molecule has 0 fully saturated rings. The topological polar surface area (TPSA) is 79.8 Å². The Bertz CT molecular complexity index is 672. The van der Waals surface area contributed by atoms with Gasteiger partial charge in [0.1, 0.15) is 0 Å². The SMILES string of the molecule is CCNC(=O)c1cccc(CNc2nnc(CC)c(CC)n2)c1. The number of amides is 1. The summed E-state index contributed by atoms with van der Waals surface area (Å²) in [4.78, 5) is 16.4. The molecule has 0 spiro atoms. The molecular weight excluding hydrogens is 290 g/mol. The van der Waals surface area contributed by atoms with E-state index in [1.165, 1.54) is 0 Å². The van der Waals surface area contributed by atoms with Crippen molar-refractivity contribution < 1.29 is 4.79 Å². The number of hydrogen-bond acceptors (Lipinski definition) is 5. The minimum Gasteiger partial charge on any atom is -0.352 e. The van der Waals surface area contributed by atoms with Crippen LogP contribution in [0.25, 0.3) is 0 Å². The summed E-state index contributed by atoms with van der Waals surface area (Å²) in [5.74, 6) is 0.454. The Morgan fingerprint density at radius 3 is 2.57 bits per heavy atom. The Labute approximate surface area is 136 Å². The van der Waals surface area contributed by atoms with Gasteiger partial charge in [-0.2, -0.15) is 5.10 Å². The normalized spacial score (nSPS) is 10.4. The number of benzene rings is 1. The maximum Gasteiger partial charge on any atom is 0.251 e. The Hall–Kier alpha value is -2.50. The third-order valence-corrected chi connectivity index (χ3v) is 3.49. The first-order chi connectivity index (χ1) is 11.2. The van der Waals surface area contributed by atoms with Gasteiger partial charge in [-0.15, -0.1) is 5.10 Å². The van der Waals surface area contributed by atoms with Gasteiger partial charge in [0.2, 0.25) is 5.95 Å². The van der Waals surface area contributed by atoms with Gasteiger partial charge in [-0.25, -0.2) is 4.98 Å². The average Bonchev–Trinajstić information content (AvgIpc) is 2.60. The van der Waals surface area contributed by atoms with E-state index in [9.17, 15) is 4.79 Å². The number of hydrogen-bond donors (Lipinski definition) is 2. The number of aryl methyl sites for hydroxylation is 2. The number of anilines is 1. The van der Waals surface area contributed by atoms with Crippen molar-refractivity contribution in [2.24, 2.45) is 0 Å². The van der Waals surface area contributed by atoms with Gasteiger partial charge in [0.15, 0.2) is 0 Å². The molecular formula is C17H23N5O. The number of aromatic nitrogens is 3. The minimum atomic E-state index is -0.0622. The number of carbonyl (C=O) groups is 1. The summed E-state index contributed by atoms with van der Waals surface area (Å²) in [6, 6.07) is 7.51. The van der Waals surface area contributed by atoms with Crippen LogP contribution in [0.1, 0.15) is 48.1 Å². The monoisotopic (exact) mass is 313 g/mol. The minimum absolute atomic E-state index is 0.0622. The van der Waals surface area contributed by atoms with Crippen molar-refractivity contribution in [1.82, 2.24) is 20.5 Å². The molecule has 23 heavy (non-hydrogen) atoms. The fraction of sp³-hybridized carbons (Fsp3) is 0.412. The predicted molar refractivity (Wildman–Crippen MR) is 90.4 cm³/mol. The molecule has 1 aromatic carbocycles. The lowest BCUT2D eigenvalue weighted by Gasteiger charge is -2.09. The van der Waals surface area contributed by atoms with Crippen LogP contribution in [0.15, 0.2) is 24.3 Å². The van der Waals surface area contributed by atoms with E-state index in [0.717, 1.165) is 29.8 Å². The molecule has 2 rings (SSSR count). The highest BCUT2D eigenvalue weighted by atomic mass is 16.1. The molecule has 0 aliphatic rings. The molecule has 0 unspecified atom stereocenters. The van der Waals surface area contributed by atoms with Crippen LogP contribution in [0.3, 0.4) is 0 Å². The Kier molecular flexibility index (Phi) is 6.02. The van der Waals surface area contributed by atoms with Gasteiger partial charge in [0.25, 0.3) is 5.91 Å². The van der Waals surface area contributed by atoms with E-state index in [4.69, 9.17) is 0 Å². The zero-order valence-corrected chi connectivity index (χ0v) is 13.9. The molecule has 6 nitrogen and oxygen atoms in total. The zero-order valence-electron chi connectivity index (χ0n) is 13.9. The highest BCUT2D eigenvalue weighted by Crippen LogP contribution is 2.10. The second-order valence-corrected chi connectivity index (χ2v) is 5.15. The summed E-state index contributed by atoms with van der Waals surface area (Å²) in [6.07, 6.45) is 1.66. The number of rotatable bonds is 7. The van der Waals surface area contributed by atoms with Crippen molar-refractivity contribution in [3.63, 3.8) is 0 Å². The van der Waals surface area contributed by atoms with E-state index < -0.39 is 0 Å². The Morgan fingerprint density at radius 2 is 1.87 bits per heavy atom. The van der Waals surface area contributed by atoms with Crippen molar-refractivity contribution in [3.8, 4) is 0 Å². The Balaban J connectivity index is 2.06. The molecule has 2 N–H and O–H groups in total. The second-order valence-electron chi connectivity index (χ2n) is 5.15. The van der Waals surface area contributed by atoms with Crippen LogP contribution in [-0.2, 0) is 19.4 Å². The zero-order chi connectivity index (χ0) is 16.7. The predicted octanol–water partition coefficient (Wildman–Crippen LogP) is 2.36. The summed E-state index contributed by atoms with van der Waals surface area (Å²) in [5.41, 5.74) is 3.56. The smallest absolute Gasteiger partial charge is 0.251 e. The van der Waals surface area contributed by atoms with Crippen LogP contribution in [0.5, 0.6) is 0 Å². The molecule has 122 valence electrons. The van der Waals surface area contributed by atoms with Crippen molar-refractivity contribution in [2.45, 2.75) is 40.2 Å². The van der Waals surface area contributed by atoms with E-state index in [2.05, 4.69) is 32.7 Å². The fourth-order valence-corrected chi connectivity index (χ4v) is 2.28. The van der Waals surface area contributed by atoms with E-state index >= 15 is 0 Å². The number of carbonyl (C=O) groups excluding carboxylic acids is 1. The van der Waals surface area contributed by atoms with E-state index in [1.807, 2.05) is 32.0 Å². The molecule has 0 saturated carbocycles. The first-order valence-electron chi connectivity index (χ1n) is 8.01. The lowest BCUT2D eigenvalue weighted by atomic mass is 10.1. The lowest BCUT2D eigenvalue weighted by molar-refractivity contribution is 0.0955. The number of nitrogens with zero attached hydrogens (tertiary/aromatic N) is 3. The van der Waals surface area contributed by atoms with Crippen LogP contribution in [0.2, 0.25) is 0 Å². The van der Waals surface area contributed by atoms with Gasteiger partial charge < -0.3 is 10.6 Å². The van der Waals surface area contributed by atoms with Crippen LogP contribution in [0, 0.1) is 0 Å². The van der Waals surface area contributed by atoms with Gasteiger partial charge >= 0.3 is 0 Å². The highest BCUT2D eigenvalue weighted by molar-refractivity contribution is 5.94. The summed E-state index contributed by atoms with van der Waals surface area (Å²) in [6.45, 7) is 7.17. The summed E-state index contributed by atoms with van der Waals surface area (Å²) >= 11 is 0. The van der Waals surface area contributed by atoms with Crippen molar-refractivity contribution in [2.75, 3.05) is 11.9 Å². The standard InChI is InChI=1S/C17H23N5O/c1-4-14-15(5-2)21-22-17(20-14)19-11-12-8-7-9-13(10-12)16(23)18-6-3/h7-10H,4-6,11H2,1-3H3,(H,18,23)(H,19,20,22).